The third-order valence-corrected chi connectivity index (χ3v) is 5.26. The van der Waals surface area contributed by atoms with Crippen molar-refractivity contribution < 1.29 is 21.6 Å². The average Bonchev–Trinajstić information content (AvgIpc) is 2.59. The van der Waals surface area contributed by atoms with Crippen LogP contribution in [0.15, 0.2) is 0 Å². The maximum absolute atomic E-state index is 5.74. The molecule has 0 atom stereocenters. The topological polar surface area (TPSA) is 9.23 Å². The first kappa shape index (κ1) is 29.4. The molecule has 0 unspecified atom stereocenters. The molecule has 0 amide bonds. The molecule has 0 heterocycles. The number of nitrogens with zero attached hydrogens (tertiary/aromatic N) is 1. The largest absolute Gasteiger partial charge is 1.00 e. The zero-order chi connectivity index (χ0) is 19.3. The fourth-order valence-corrected chi connectivity index (χ4v) is 3.50. The second-order valence-corrected chi connectivity index (χ2v) is 9.28. The van der Waals surface area contributed by atoms with E-state index in [2.05, 4.69) is 28.1 Å². The third kappa shape index (κ3) is 28.5. The van der Waals surface area contributed by atoms with Gasteiger partial charge in [-0.15, -0.1) is 0 Å². The maximum atomic E-state index is 5.74. The predicted octanol–water partition coefficient (Wildman–Crippen LogP) is 4.36. The lowest BCUT2D eigenvalue weighted by Crippen LogP contribution is -3.00. The van der Waals surface area contributed by atoms with Crippen molar-refractivity contribution in [3.8, 4) is 0 Å². The molecule has 0 aliphatic rings. The highest BCUT2D eigenvalue weighted by atomic mass is 35.5. The van der Waals surface area contributed by atoms with Gasteiger partial charge in [-0.05, 0) is 6.42 Å². The Hall–Kier alpha value is 0.210. The Morgan fingerprint density at radius 3 is 1.19 bits per heavy atom. The van der Waals surface area contributed by atoms with Crippen molar-refractivity contribution in [2.75, 3.05) is 40.9 Å². The number of quaternary nitrogens is 1. The molecule has 0 aromatic heterocycles. The number of ether oxygens (including phenoxy) is 1. The molecule has 0 aromatic rings. The summed E-state index contributed by atoms with van der Waals surface area (Å²) in [6.45, 7) is 5.41. The number of hydrogen-bond donors (Lipinski definition) is 0. The minimum absolute atomic E-state index is 0. The van der Waals surface area contributed by atoms with Gasteiger partial charge in [0.1, 0.15) is 0 Å². The molecule has 0 N–H and O–H groups in total. The molecule has 166 valence electrons. The highest BCUT2D eigenvalue weighted by Crippen LogP contribution is 2.13. The van der Waals surface area contributed by atoms with Crippen molar-refractivity contribution in [3.05, 3.63) is 0 Å². The van der Waals surface area contributed by atoms with Crippen molar-refractivity contribution in [2.45, 2.75) is 116 Å². The normalized spacial score (nSPS) is 11.6. The lowest BCUT2D eigenvalue weighted by atomic mass is 10.0. The van der Waals surface area contributed by atoms with Gasteiger partial charge in [-0.3, -0.25) is 0 Å². The molecule has 0 fully saturated rings. The van der Waals surface area contributed by atoms with Gasteiger partial charge >= 0.3 is 0 Å². The second kappa shape index (κ2) is 22.5. The number of rotatable bonds is 21. The molecule has 0 aromatic carbocycles. The molecular weight excluding hydrogens is 354 g/mol. The Bertz CT molecular complexity index is 266. The first-order valence-electron chi connectivity index (χ1n) is 11.9. The number of unbranched alkanes of at least 4 members (excludes halogenated alkanes) is 15. The maximum Gasteiger partial charge on any atom is 0.0802 e. The number of halogens is 1. The van der Waals surface area contributed by atoms with Gasteiger partial charge in [0.2, 0.25) is 0 Å². The van der Waals surface area contributed by atoms with Crippen LogP contribution in [0.25, 0.3) is 0 Å². The highest BCUT2D eigenvalue weighted by molar-refractivity contribution is 4.50. The summed E-state index contributed by atoms with van der Waals surface area (Å²) >= 11 is 0. The molecule has 0 spiro atoms. The van der Waals surface area contributed by atoms with E-state index in [0.29, 0.717) is 0 Å². The van der Waals surface area contributed by atoms with E-state index in [4.69, 9.17) is 4.74 Å². The smallest absolute Gasteiger partial charge is 0.0802 e. The summed E-state index contributed by atoms with van der Waals surface area (Å²) in [7, 11) is 6.74. The van der Waals surface area contributed by atoms with Crippen LogP contribution >= 0.6 is 0 Å². The van der Waals surface area contributed by atoms with Crippen LogP contribution in [0.4, 0.5) is 0 Å². The quantitative estimate of drug-likeness (QED) is 0.203. The summed E-state index contributed by atoms with van der Waals surface area (Å²) in [5, 5.41) is 0. The Morgan fingerprint density at radius 1 is 0.481 bits per heavy atom. The minimum atomic E-state index is 0. The Balaban J connectivity index is 0. The molecule has 0 aliphatic carbocycles. The van der Waals surface area contributed by atoms with Gasteiger partial charge in [0, 0.05) is 13.0 Å². The van der Waals surface area contributed by atoms with Crippen molar-refractivity contribution >= 4 is 0 Å². The molecule has 0 radical (unpaired) electrons. The molecular formula is C24H52ClNO. The highest BCUT2D eigenvalue weighted by Gasteiger charge is 2.05. The van der Waals surface area contributed by atoms with Crippen molar-refractivity contribution in [2.24, 2.45) is 0 Å². The van der Waals surface area contributed by atoms with E-state index in [1.807, 2.05) is 0 Å². The molecule has 2 nitrogen and oxygen atoms in total. The van der Waals surface area contributed by atoms with Crippen LogP contribution < -0.4 is 12.4 Å². The summed E-state index contributed by atoms with van der Waals surface area (Å²) in [4.78, 5) is 0. The Kier molecular flexibility index (Phi) is 24.5. The van der Waals surface area contributed by atoms with Crippen molar-refractivity contribution in [1.29, 1.82) is 0 Å². The van der Waals surface area contributed by atoms with Gasteiger partial charge < -0.3 is 21.6 Å². The lowest BCUT2D eigenvalue weighted by molar-refractivity contribution is -0.870. The minimum Gasteiger partial charge on any atom is -1.00 e. The van der Waals surface area contributed by atoms with Crippen LogP contribution in [0.2, 0.25) is 0 Å². The van der Waals surface area contributed by atoms with Gasteiger partial charge in [-0.1, -0.05) is 103 Å². The van der Waals surface area contributed by atoms with Crippen LogP contribution in [0.1, 0.15) is 116 Å². The van der Waals surface area contributed by atoms with Crippen LogP contribution in [0, 0.1) is 0 Å². The van der Waals surface area contributed by atoms with E-state index < -0.39 is 0 Å². The van der Waals surface area contributed by atoms with E-state index in [1.54, 1.807) is 0 Å². The summed E-state index contributed by atoms with van der Waals surface area (Å²) < 4.78 is 6.78. The van der Waals surface area contributed by atoms with Crippen LogP contribution in [0.3, 0.4) is 0 Å². The second-order valence-electron chi connectivity index (χ2n) is 9.28. The summed E-state index contributed by atoms with van der Waals surface area (Å²) in [6, 6.07) is 0. The zero-order valence-electron chi connectivity index (χ0n) is 19.4. The molecule has 0 rings (SSSR count). The van der Waals surface area contributed by atoms with Crippen LogP contribution in [0.5, 0.6) is 0 Å². The van der Waals surface area contributed by atoms with Gasteiger partial charge in [0.25, 0.3) is 0 Å². The van der Waals surface area contributed by atoms with Gasteiger partial charge in [0.05, 0.1) is 34.3 Å². The predicted molar refractivity (Wildman–Crippen MR) is 118 cm³/mol. The van der Waals surface area contributed by atoms with E-state index in [1.165, 1.54) is 116 Å². The van der Waals surface area contributed by atoms with E-state index in [0.717, 1.165) is 17.7 Å². The standard InChI is InChI=1S/C24H52NO.ClH/c1-5-6-7-8-9-10-11-12-13-14-15-16-17-18-19-20-23-26-24-21-22-25(2,3)4;/h5-24H2,1-4H3;1H/q+1;/p-1. The lowest BCUT2D eigenvalue weighted by Gasteiger charge is -2.23. The summed E-state index contributed by atoms with van der Waals surface area (Å²) in [6.07, 6.45) is 24.1. The fourth-order valence-electron chi connectivity index (χ4n) is 3.50. The average molecular weight is 406 g/mol. The zero-order valence-corrected chi connectivity index (χ0v) is 20.1. The molecule has 0 bridgehead atoms. The Labute approximate surface area is 178 Å². The van der Waals surface area contributed by atoms with Gasteiger partial charge in [-0.25, -0.2) is 0 Å². The van der Waals surface area contributed by atoms with E-state index >= 15 is 0 Å². The summed E-state index contributed by atoms with van der Waals surface area (Å²) in [5.41, 5.74) is 0. The first-order chi connectivity index (χ1) is 12.6. The fraction of sp³-hybridized carbons (Fsp3) is 1.00. The molecule has 0 aliphatic heterocycles. The van der Waals surface area contributed by atoms with E-state index in [-0.39, 0.29) is 12.4 Å². The monoisotopic (exact) mass is 405 g/mol. The third-order valence-electron chi connectivity index (χ3n) is 5.26. The molecule has 0 saturated carbocycles. The Morgan fingerprint density at radius 2 is 0.815 bits per heavy atom. The SMILES string of the molecule is CCCCCCCCCCCCCCCCCCOCCC[N+](C)(C)C.[Cl-]. The first-order valence-corrected chi connectivity index (χ1v) is 11.9. The van der Waals surface area contributed by atoms with Crippen molar-refractivity contribution in [1.82, 2.24) is 0 Å². The molecule has 3 heteroatoms. The van der Waals surface area contributed by atoms with Crippen LogP contribution in [-0.2, 0) is 4.74 Å². The number of hydrogen-bond acceptors (Lipinski definition) is 1. The van der Waals surface area contributed by atoms with Gasteiger partial charge in [0.15, 0.2) is 0 Å². The summed E-state index contributed by atoms with van der Waals surface area (Å²) in [5.74, 6) is 0. The van der Waals surface area contributed by atoms with Gasteiger partial charge in [-0.2, -0.15) is 0 Å². The molecule has 27 heavy (non-hydrogen) atoms. The molecule has 0 saturated heterocycles. The van der Waals surface area contributed by atoms with Crippen LogP contribution in [-0.4, -0.2) is 45.4 Å². The van der Waals surface area contributed by atoms with E-state index in [9.17, 15) is 0 Å². The van der Waals surface area contributed by atoms with Crippen molar-refractivity contribution in [3.63, 3.8) is 0 Å².